The number of hydrogen-bond donors (Lipinski definition) is 1. The van der Waals surface area contributed by atoms with Crippen molar-refractivity contribution in [2.24, 2.45) is 7.05 Å². The summed E-state index contributed by atoms with van der Waals surface area (Å²) in [7, 11) is 1.76. The number of rotatable bonds is 4. The van der Waals surface area contributed by atoms with Gasteiger partial charge < -0.3 is 10.3 Å². The maximum absolute atomic E-state index is 11.8. The Morgan fingerprint density at radius 2 is 2.18 bits per heavy atom. The summed E-state index contributed by atoms with van der Waals surface area (Å²) >= 11 is 0. The molecule has 0 saturated carbocycles. The average Bonchev–Trinajstić information content (AvgIpc) is 2.71. The number of anilines is 1. The van der Waals surface area contributed by atoms with E-state index in [1.54, 1.807) is 17.9 Å². The molecule has 92 valence electrons. The number of nitrogen functional groups attached to an aromatic ring is 1. The maximum Gasteiger partial charge on any atom is 0.300 e. The van der Waals surface area contributed by atoms with E-state index in [1.807, 2.05) is 4.57 Å². The molecule has 2 aromatic rings. The number of hydrogen-bond acceptors (Lipinski definition) is 4. The lowest BCUT2D eigenvalue weighted by Gasteiger charge is -2.05. The van der Waals surface area contributed by atoms with E-state index in [0.29, 0.717) is 11.2 Å². The Bertz CT molecular complexity index is 583. The largest absolute Gasteiger partial charge is 0.369 e. The molecule has 2 aromatic heterocycles. The summed E-state index contributed by atoms with van der Waals surface area (Å²) in [5.74, 6) is 0.196. The van der Waals surface area contributed by atoms with Crippen molar-refractivity contribution >= 4 is 17.1 Å². The normalized spacial score (nSPS) is 11.2. The summed E-state index contributed by atoms with van der Waals surface area (Å²) in [5.41, 5.74) is 6.45. The van der Waals surface area contributed by atoms with Crippen molar-refractivity contribution < 1.29 is 0 Å². The van der Waals surface area contributed by atoms with Crippen molar-refractivity contribution in [3.63, 3.8) is 0 Å². The molecule has 0 bridgehead atoms. The first-order chi connectivity index (χ1) is 8.15. The highest BCUT2D eigenvalue weighted by Crippen LogP contribution is 2.10. The highest BCUT2D eigenvalue weighted by atomic mass is 16.1. The van der Waals surface area contributed by atoms with Crippen LogP contribution in [0.15, 0.2) is 11.1 Å². The zero-order valence-electron chi connectivity index (χ0n) is 10.2. The molecule has 0 aromatic carbocycles. The smallest absolute Gasteiger partial charge is 0.300 e. The number of aromatic nitrogens is 4. The molecule has 0 unspecified atom stereocenters. The summed E-state index contributed by atoms with van der Waals surface area (Å²) in [6.07, 6.45) is 5.01. The van der Waals surface area contributed by atoms with Crippen molar-refractivity contribution in [3.8, 4) is 0 Å². The van der Waals surface area contributed by atoms with E-state index in [2.05, 4.69) is 16.9 Å². The predicted octanol–water partition coefficient (Wildman–Crippen LogP) is 0.902. The van der Waals surface area contributed by atoms with Crippen molar-refractivity contribution in [2.75, 3.05) is 5.73 Å². The van der Waals surface area contributed by atoms with E-state index in [0.717, 1.165) is 25.8 Å². The standard InChI is InChI=1S/C11H17N5O/c1-3-4-5-6-16-7-13-9-8(16)10(17)14-11(12)15(9)2/h7H,3-6H2,1-2H3,(H2,12,14,17). The van der Waals surface area contributed by atoms with Gasteiger partial charge in [-0.2, -0.15) is 4.98 Å². The molecule has 0 saturated heterocycles. The van der Waals surface area contributed by atoms with Crippen molar-refractivity contribution in [3.05, 3.63) is 16.7 Å². The molecule has 2 rings (SSSR count). The van der Waals surface area contributed by atoms with Gasteiger partial charge in [-0.15, -0.1) is 0 Å². The fourth-order valence-corrected chi connectivity index (χ4v) is 1.88. The second-order valence-electron chi connectivity index (χ2n) is 4.15. The van der Waals surface area contributed by atoms with E-state index < -0.39 is 0 Å². The van der Waals surface area contributed by atoms with Gasteiger partial charge in [-0.3, -0.25) is 9.36 Å². The first-order valence-corrected chi connectivity index (χ1v) is 5.82. The Balaban J connectivity index is 2.46. The third-order valence-electron chi connectivity index (χ3n) is 2.90. The molecule has 0 radical (unpaired) electrons. The fourth-order valence-electron chi connectivity index (χ4n) is 1.88. The van der Waals surface area contributed by atoms with Crippen molar-refractivity contribution in [1.29, 1.82) is 0 Å². The summed E-state index contributed by atoms with van der Waals surface area (Å²) in [4.78, 5) is 19.8. The van der Waals surface area contributed by atoms with Crippen LogP contribution < -0.4 is 11.3 Å². The minimum Gasteiger partial charge on any atom is -0.369 e. The second kappa shape index (κ2) is 4.57. The van der Waals surface area contributed by atoms with Gasteiger partial charge in [-0.05, 0) is 6.42 Å². The molecule has 0 aliphatic heterocycles. The summed E-state index contributed by atoms with van der Waals surface area (Å²) in [5, 5.41) is 0. The first kappa shape index (κ1) is 11.6. The Hall–Kier alpha value is -1.85. The van der Waals surface area contributed by atoms with Crippen LogP contribution in [0.5, 0.6) is 0 Å². The van der Waals surface area contributed by atoms with E-state index in [4.69, 9.17) is 5.73 Å². The Morgan fingerprint density at radius 1 is 1.41 bits per heavy atom. The van der Waals surface area contributed by atoms with Gasteiger partial charge in [0.15, 0.2) is 11.2 Å². The number of aryl methyl sites for hydroxylation is 2. The third-order valence-corrected chi connectivity index (χ3v) is 2.90. The van der Waals surface area contributed by atoms with E-state index in [-0.39, 0.29) is 11.5 Å². The molecule has 2 N–H and O–H groups in total. The topological polar surface area (TPSA) is 78.7 Å². The quantitative estimate of drug-likeness (QED) is 0.799. The van der Waals surface area contributed by atoms with E-state index in [1.165, 1.54) is 0 Å². The van der Waals surface area contributed by atoms with Crippen LogP contribution in [0.1, 0.15) is 26.2 Å². The lowest BCUT2D eigenvalue weighted by atomic mass is 10.2. The van der Waals surface area contributed by atoms with Gasteiger partial charge in [0.1, 0.15) is 0 Å². The van der Waals surface area contributed by atoms with Crippen molar-refractivity contribution in [1.82, 2.24) is 19.1 Å². The number of fused-ring (bicyclic) bond motifs is 1. The fraction of sp³-hybridized carbons (Fsp3) is 0.545. The Morgan fingerprint density at radius 3 is 2.88 bits per heavy atom. The van der Waals surface area contributed by atoms with Crippen LogP contribution in [0.4, 0.5) is 5.95 Å². The van der Waals surface area contributed by atoms with E-state index in [9.17, 15) is 4.79 Å². The zero-order valence-corrected chi connectivity index (χ0v) is 10.2. The zero-order chi connectivity index (χ0) is 12.4. The van der Waals surface area contributed by atoms with Crippen LogP contribution in [-0.4, -0.2) is 19.1 Å². The van der Waals surface area contributed by atoms with Crippen molar-refractivity contribution in [2.45, 2.75) is 32.7 Å². The minimum absolute atomic E-state index is 0.196. The van der Waals surface area contributed by atoms with Gasteiger partial charge in [-0.1, -0.05) is 19.8 Å². The highest BCUT2D eigenvalue weighted by molar-refractivity contribution is 5.71. The van der Waals surface area contributed by atoms with Gasteiger partial charge in [0.25, 0.3) is 0 Å². The summed E-state index contributed by atoms with van der Waals surface area (Å²) in [6.45, 7) is 2.94. The lowest BCUT2D eigenvalue weighted by Crippen LogP contribution is -2.18. The number of imidazole rings is 1. The molecule has 0 aliphatic rings. The monoisotopic (exact) mass is 235 g/mol. The predicted molar refractivity (Wildman–Crippen MR) is 66.7 cm³/mol. The second-order valence-corrected chi connectivity index (χ2v) is 4.15. The SMILES string of the molecule is CCCCCn1cnc2c1c(=O)nc(N)n2C. The first-order valence-electron chi connectivity index (χ1n) is 5.82. The van der Waals surface area contributed by atoms with Crippen LogP contribution in [0.3, 0.4) is 0 Å². The van der Waals surface area contributed by atoms with Crippen LogP contribution in [0.2, 0.25) is 0 Å². The van der Waals surface area contributed by atoms with E-state index >= 15 is 0 Å². The maximum atomic E-state index is 11.8. The molecule has 0 aliphatic carbocycles. The molecule has 6 heteroatoms. The van der Waals surface area contributed by atoms with Crippen LogP contribution in [0, 0.1) is 0 Å². The number of unbranched alkanes of at least 4 members (excludes halogenated alkanes) is 2. The van der Waals surface area contributed by atoms with Crippen LogP contribution in [-0.2, 0) is 13.6 Å². The Kier molecular flexibility index (Phi) is 3.12. The lowest BCUT2D eigenvalue weighted by molar-refractivity contribution is 0.612. The molecule has 17 heavy (non-hydrogen) atoms. The Labute approximate surface area is 99.1 Å². The molecular weight excluding hydrogens is 218 g/mol. The minimum atomic E-state index is -0.301. The average molecular weight is 235 g/mol. The molecular formula is C11H17N5O. The van der Waals surface area contributed by atoms with Gasteiger partial charge >= 0.3 is 5.56 Å². The highest BCUT2D eigenvalue weighted by Gasteiger charge is 2.11. The summed E-state index contributed by atoms with van der Waals surface area (Å²) < 4.78 is 3.49. The van der Waals surface area contributed by atoms with Crippen LogP contribution >= 0.6 is 0 Å². The summed E-state index contributed by atoms with van der Waals surface area (Å²) in [6, 6.07) is 0. The van der Waals surface area contributed by atoms with Gasteiger partial charge in [0, 0.05) is 13.6 Å². The molecule has 0 spiro atoms. The third kappa shape index (κ3) is 2.02. The molecule has 2 heterocycles. The van der Waals surface area contributed by atoms with Crippen LogP contribution in [0.25, 0.3) is 11.2 Å². The molecule has 0 atom stereocenters. The van der Waals surface area contributed by atoms with Gasteiger partial charge in [-0.25, -0.2) is 4.98 Å². The van der Waals surface area contributed by atoms with Gasteiger partial charge in [0.05, 0.1) is 6.33 Å². The molecule has 0 amide bonds. The van der Waals surface area contributed by atoms with Gasteiger partial charge in [0.2, 0.25) is 5.95 Å². The molecule has 0 fully saturated rings. The molecule has 6 nitrogen and oxygen atoms in total. The number of nitrogens with two attached hydrogens (primary N) is 1. The number of nitrogens with zero attached hydrogens (tertiary/aromatic N) is 4.